The molecule has 0 saturated heterocycles. The van der Waals surface area contributed by atoms with Crippen molar-refractivity contribution in [1.82, 2.24) is 29.7 Å². The summed E-state index contributed by atoms with van der Waals surface area (Å²) in [5.41, 5.74) is 2.01. The van der Waals surface area contributed by atoms with Crippen LogP contribution in [0.4, 0.5) is 5.82 Å². The highest BCUT2D eigenvalue weighted by molar-refractivity contribution is 5.57. The highest BCUT2D eigenvalue weighted by atomic mass is 15.4. The van der Waals surface area contributed by atoms with Crippen molar-refractivity contribution in [2.45, 2.75) is 52.1 Å². The van der Waals surface area contributed by atoms with Gasteiger partial charge in [0, 0.05) is 48.6 Å². The average Bonchev–Trinajstić information content (AvgIpc) is 3.11. The number of aryl methyl sites for hydroxylation is 3. The van der Waals surface area contributed by atoms with Crippen LogP contribution < -0.4 is 5.32 Å². The fraction of sp³-hybridized carbons (Fsp3) is 0.421. The molecule has 0 spiro atoms. The topological polar surface area (TPSA) is 81.4 Å². The van der Waals surface area contributed by atoms with Gasteiger partial charge in [-0.05, 0) is 25.0 Å². The number of aromatic nitrogens is 6. The summed E-state index contributed by atoms with van der Waals surface area (Å²) < 4.78 is 2.03. The van der Waals surface area contributed by atoms with E-state index in [1.54, 1.807) is 12.4 Å². The lowest BCUT2D eigenvalue weighted by atomic mass is 10.1. The number of fused-ring (bicyclic) bond motifs is 1. The Morgan fingerprint density at radius 3 is 2.73 bits per heavy atom. The molecule has 4 rings (SSSR count). The zero-order valence-corrected chi connectivity index (χ0v) is 15.2. The van der Waals surface area contributed by atoms with Crippen molar-refractivity contribution in [1.29, 1.82) is 0 Å². The van der Waals surface area contributed by atoms with E-state index < -0.39 is 0 Å². The minimum atomic E-state index is 0.291. The smallest absolute Gasteiger partial charge is 0.161 e. The molecule has 134 valence electrons. The van der Waals surface area contributed by atoms with E-state index in [2.05, 4.69) is 39.2 Å². The number of hydrogen-bond acceptors (Lipinski definition) is 6. The molecule has 0 saturated carbocycles. The molecule has 1 atom stereocenters. The molecule has 0 bridgehead atoms. The fourth-order valence-electron chi connectivity index (χ4n) is 3.22. The van der Waals surface area contributed by atoms with Crippen molar-refractivity contribution in [2.75, 3.05) is 5.32 Å². The Morgan fingerprint density at radius 1 is 1.12 bits per heavy atom. The molecule has 4 heterocycles. The SMILES string of the molecule is CCc1cc(NC2CCc3nc(CC)nn3C2)nc(-c2ccncc2)n1. The zero-order valence-electron chi connectivity index (χ0n) is 15.2. The van der Waals surface area contributed by atoms with Gasteiger partial charge in [-0.1, -0.05) is 13.8 Å². The van der Waals surface area contributed by atoms with E-state index in [9.17, 15) is 0 Å². The van der Waals surface area contributed by atoms with Gasteiger partial charge < -0.3 is 5.32 Å². The van der Waals surface area contributed by atoms with Crippen LogP contribution >= 0.6 is 0 Å². The second-order valence-electron chi connectivity index (χ2n) is 6.52. The van der Waals surface area contributed by atoms with Crippen molar-refractivity contribution in [3.05, 3.63) is 47.9 Å². The van der Waals surface area contributed by atoms with Gasteiger partial charge in [0.15, 0.2) is 11.6 Å². The number of rotatable bonds is 5. The van der Waals surface area contributed by atoms with E-state index in [4.69, 9.17) is 4.98 Å². The molecule has 26 heavy (non-hydrogen) atoms. The second-order valence-corrected chi connectivity index (χ2v) is 6.52. The van der Waals surface area contributed by atoms with E-state index in [-0.39, 0.29) is 0 Å². The maximum absolute atomic E-state index is 4.73. The van der Waals surface area contributed by atoms with Gasteiger partial charge >= 0.3 is 0 Å². The van der Waals surface area contributed by atoms with Gasteiger partial charge in [0.25, 0.3) is 0 Å². The van der Waals surface area contributed by atoms with E-state index in [1.165, 1.54) is 0 Å². The lowest BCUT2D eigenvalue weighted by molar-refractivity contribution is 0.439. The maximum Gasteiger partial charge on any atom is 0.161 e. The van der Waals surface area contributed by atoms with Crippen molar-refractivity contribution in [3.8, 4) is 11.4 Å². The molecule has 0 amide bonds. The minimum absolute atomic E-state index is 0.291. The van der Waals surface area contributed by atoms with Crippen LogP contribution in [0.5, 0.6) is 0 Å². The molecular formula is C19H23N7. The highest BCUT2D eigenvalue weighted by Gasteiger charge is 2.22. The van der Waals surface area contributed by atoms with Crippen LogP contribution in [0.3, 0.4) is 0 Å². The quantitative estimate of drug-likeness (QED) is 0.763. The first kappa shape index (κ1) is 16.6. The predicted octanol–water partition coefficient (Wildman–Crippen LogP) is 2.68. The van der Waals surface area contributed by atoms with Crippen molar-refractivity contribution in [3.63, 3.8) is 0 Å². The third kappa shape index (κ3) is 3.42. The molecule has 3 aromatic rings. The number of nitrogens with one attached hydrogen (secondary N) is 1. The normalized spacial score (nSPS) is 16.3. The molecule has 1 N–H and O–H groups in total. The molecule has 0 aliphatic carbocycles. The molecule has 0 fully saturated rings. The van der Waals surface area contributed by atoms with Crippen LogP contribution in [0.1, 0.15) is 37.6 Å². The Hall–Kier alpha value is -2.83. The van der Waals surface area contributed by atoms with Gasteiger partial charge in [-0.15, -0.1) is 0 Å². The molecule has 0 aromatic carbocycles. The van der Waals surface area contributed by atoms with Crippen LogP contribution in [0.25, 0.3) is 11.4 Å². The van der Waals surface area contributed by atoms with Crippen LogP contribution in [0, 0.1) is 0 Å². The Balaban J connectivity index is 1.56. The number of nitrogens with zero attached hydrogens (tertiary/aromatic N) is 6. The van der Waals surface area contributed by atoms with Crippen molar-refractivity contribution in [2.24, 2.45) is 0 Å². The molecule has 1 aliphatic rings. The van der Waals surface area contributed by atoms with Gasteiger partial charge in [0.05, 0.1) is 6.54 Å². The maximum atomic E-state index is 4.73. The number of anilines is 1. The standard InChI is InChI=1S/C19H23N7/c1-3-14-11-17(24-19(22-14)13-7-9-20-10-8-13)21-15-5-6-18-23-16(4-2)25-26(18)12-15/h7-11,15H,3-6,12H2,1-2H3,(H,21,22,24). The number of hydrogen-bond donors (Lipinski definition) is 1. The van der Waals surface area contributed by atoms with E-state index in [1.807, 2.05) is 22.9 Å². The van der Waals surface area contributed by atoms with Crippen LogP contribution in [0.2, 0.25) is 0 Å². The van der Waals surface area contributed by atoms with Gasteiger partial charge in [-0.25, -0.2) is 19.6 Å². The summed E-state index contributed by atoms with van der Waals surface area (Å²) in [4.78, 5) is 18.0. The summed E-state index contributed by atoms with van der Waals surface area (Å²) >= 11 is 0. The predicted molar refractivity (Wildman–Crippen MR) is 99.8 cm³/mol. The minimum Gasteiger partial charge on any atom is -0.365 e. The third-order valence-electron chi connectivity index (χ3n) is 4.65. The summed E-state index contributed by atoms with van der Waals surface area (Å²) in [6.07, 6.45) is 7.24. The molecule has 1 aliphatic heterocycles. The summed E-state index contributed by atoms with van der Waals surface area (Å²) in [5.74, 6) is 3.62. The largest absolute Gasteiger partial charge is 0.365 e. The lowest BCUT2D eigenvalue weighted by Crippen LogP contribution is -2.32. The lowest BCUT2D eigenvalue weighted by Gasteiger charge is -2.24. The van der Waals surface area contributed by atoms with Gasteiger partial charge in [-0.3, -0.25) is 4.98 Å². The molecule has 7 nitrogen and oxygen atoms in total. The fourth-order valence-corrected chi connectivity index (χ4v) is 3.22. The first-order valence-corrected chi connectivity index (χ1v) is 9.22. The van der Waals surface area contributed by atoms with Crippen molar-refractivity contribution >= 4 is 5.82 Å². The molecular weight excluding hydrogens is 326 g/mol. The van der Waals surface area contributed by atoms with E-state index in [0.717, 1.165) is 66.8 Å². The second kappa shape index (κ2) is 7.19. The Labute approximate surface area is 152 Å². The average molecular weight is 349 g/mol. The monoisotopic (exact) mass is 349 g/mol. The van der Waals surface area contributed by atoms with E-state index >= 15 is 0 Å². The van der Waals surface area contributed by atoms with Crippen LogP contribution in [0.15, 0.2) is 30.6 Å². The number of pyridine rings is 1. The molecule has 0 radical (unpaired) electrons. The summed E-state index contributed by atoms with van der Waals surface area (Å²) in [5, 5.41) is 8.16. The molecule has 3 aromatic heterocycles. The van der Waals surface area contributed by atoms with Crippen LogP contribution in [-0.4, -0.2) is 35.8 Å². The Bertz CT molecular complexity index is 888. The third-order valence-corrected chi connectivity index (χ3v) is 4.65. The van der Waals surface area contributed by atoms with Gasteiger partial charge in [0.2, 0.25) is 0 Å². The highest BCUT2D eigenvalue weighted by Crippen LogP contribution is 2.21. The van der Waals surface area contributed by atoms with Gasteiger partial charge in [0.1, 0.15) is 11.6 Å². The first-order valence-electron chi connectivity index (χ1n) is 9.22. The summed E-state index contributed by atoms with van der Waals surface area (Å²) in [7, 11) is 0. The van der Waals surface area contributed by atoms with Crippen LogP contribution in [-0.2, 0) is 25.8 Å². The Morgan fingerprint density at radius 2 is 1.96 bits per heavy atom. The van der Waals surface area contributed by atoms with Gasteiger partial charge in [-0.2, -0.15) is 5.10 Å². The summed E-state index contributed by atoms with van der Waals surface area (Å²) in [6.45, 7) is 5.01. The zero-order chi connectivity index (χ0) is 17.9. The molecule has 1 unspecified atom stereocenters. The summed E-state index contributed by atoms with van der Waals surface area (Å²) in [6, 6.07) is 6.21. The van der Waals surface area contributed by atoms with E-state index in [0.29, 0.717) is 6.04 Å². The van der Waals surface area contributed by atoms with Crippen molar-refractivity contribution < 1.29 is 0 Å². The Kier molecular flexibility index (Phi) is 4.60. The first-order chi connectivity index (χ1) is 12.7. The molecule has 7 heteroatoms.